The van der Waals surface area contributed by atoms with Crippen molar-refractivity contribution in [3.63, 3.8) is 0 Å². The molecule has 2 aromatic carbocycles. The molecule has 1 fully saturated rings. The maximum absolute atomic E-state index is 13.1. The van der Waals surface area contributed by atoms with E-state index in [4.69, 9.17) is 4.74 Å². The third kappa shape index (κ3) is 4.72. The highest BCUT2D eigenvalue weighted by Crippen LogP contribution is 2.44. The Balaban J connectivity index is 1.45. The van der Waals surface area contributed by atoms with E-state index >= 15 is 0 Å². The first kappa shape index (κ1) is 23.6. The van der Waals surface area contributed by atoms with Gasteiger partial charge in [0, 0.05) is 25.3 Å². The van der Waals surface area contributed by atoms with Crippen LogP contribution in [0.4, 0.5) is 13.6 Å². The van der Waals surface area contributed by atoms with Crippen LogP contribution in [0.1, 0.15) is 29.9 Å². The second-order valence-corrected chi connectivity index (χ2v) is 8.38. The fraction of sp³-hybridized carbons (Fsp3) is 0.375. The smallest absolute Gasteiger partial charge is 0.407 e. The topological polar surface area (TPSA) is 116 Å². The summed E-state index contributed by atoms with van der Waals surface area (Å²) in [6, 6.07) is 12.3. The van der Waals surface area contributed by atoms with Crippen LogP contribution in [0.2, 0.25) is 0 Å². The molecule has 1 aliphatic heterocycles. The number of rotatable bonds is 7. The molecule has 0 bridgehead atoms. The summed E-state index contributed by atoms with van der Waals surface area (Å²) in [4.78, 5) is 37.5. The molecule has 3 N–H and O–H groups in total. The SMILES string of the molecule is O=C(NC(CC(F)F)C(=O)N1CC(O)CC1C(=O)O)OCC1c2ccccc2-c2ccccc21. The van der Waals surface area contributed by atoms with Gasteiger partial charge >= 0.3 is 12.1 Å². The predicted molar refractivity (Wildman–Crippen MR) is 116 cm³/mol. The van der Waals surface area contributed by atoms with Crippen molar-refractivity contribution in [2.24, 2.45) is 0 Å². The standard InChI is InChI=1S/C24H24F2N2O6/c25-21(26)10-19(22(30)28-11-13(29)9-20(28)23(31)32)27-24(33)34-12-18-16-7-3-1-5-14(16)15-6-2-4-8-17(15)18/h1-8,13,18-21,29H,9-12H2,(H,27,33)(H,31,32). The van der Waals surface area contributed by atoms with Gasteiger partial charge in [0.25, 0.3) is 0 Å². The molecule has 1 aliphatic carbocycles. The number of nitrogens with zero attached hydrogens (tertiary/aromatic N) is 1. The van der Waals surface area contributed by atoms with Crippen molar-refractivity contribution in [1.82, 2.24) is 10.2 Å². The van der Waals surface area contributed by atoms with Crippen LogP contribution >= 0.6 is 0 Å². The molecule has 2 aliphatic rings. The Kier molecular flexibility index (Phi) is 6.78. The lowest BCUT2D eigenvalue weighted by Crippen LogP contribution is -2.52. The Hall–Kier alpha value is -3.53. The molecule has 0 radical (unpaired) electrons. The number of β-amino-alcohol motifs (C(OH)–C–C–N with tert-alkyl or cyclic N) is 1. The van der Waals surface area contributed by atoms with Crippen molar-refractivity contribution in [3.05, 3.63) is 59.7 Å². The van der Waals surface area contributed by atoms with Crippen LogP contribution in [0.3, 0.4) is 0 Å². The molecule has 0 spiro atoms. The van der Waals surface area contributed by atoms with Gasteiger partial charge in [0.05, 0.1) is 6.10 Å². The van der Waals surface area contributed by atoms with E-state index in [0.29, 0.717) is 0 Å². The summed E-state index contributed by atoms with van der Waals surface area (Å²) in [5, 5.41) is 21.2. The Morgan fingerprint density at radius 2 is 1.65 bits per heavy atom. The van der Waals surface area contributed by atoms with Gasteiger partial charge in [-0.05, 0) is 22.3 Å². The summed E-state index contributed by atoms with van der Waals surface area (Å²) in [5.74, 6) is -2.62. The zero-order chi connectivity index (χ0) is 24.4. The number of hydrogen-bond donors (Lipinski definition) is 3. The number of amides is 2. The highest BCUT2D eigenvalue weighted by Gasteiger charge is 2.42. The summed E-state index contributed by atoms with van der Waals surface area (Å²) in [7, 11) is 0. The average Bonchev–Trinajstić information content (AvgIpc) is 3.35. The Bertz CT molecular complexity index is 1050. The molecule has 2 amide bonds. The van der Waals surface area contributed by atoms with Gasteiger partial charge in [0.1, 0.15) is 18.7 Å². The van der Waals surface area contributed by atoms with E-state index in [1.807, 2.05) is 48.5 Å². The maximum atomic E-state index is 13.1. The van der Waals surface area contributed by atoms with Crippen LogP contribution in [0.25, 0.3) is 11.1 Å². The number of halogens is 2. The second-order valence-electron chi connectivity index (χ2n) is 8.38. The number of aliphatic hydroxyl groups excluding tert-OH is 1. The minimum atomic E-state index is -2.93. The monoisotopic (exact) mass is 474 g/mol. The first-order chi connectivity index (χ1) is 16.3. The highest BCUT2D eigenvalue weighted by atomic mass is 19.3. The molecule has 1 heterocycles. The Labute approximate surface area is 194 Å². The fourth-order valence-corrected chi connectivity index (χ4v) is 4.67. The maximum Gasteiger partial charge on any atom is 0.407 e. The number of carboxylic acid groups (broad SMARTS) is 1. The number of ether oxygens (including phenoxy) is 1. The van der Waals surface area contributed by atoms with Crippen molar-refractivity contribution < 1.29 is 38.1 Å². The number of benzene rings is 2. The summed E-state index contributed by atoms with van der Waals surface area (Å²) in [6.45, 7) is -0.391. The van der Waals surface area contributed by atoms with Gasteiger partial charge in [-0.3, -0.25) is 4.79 Å². The molecule has 10 heteroatoms. The summed E-state index contributed by atoms with van der Waals surface area (Å²) in [5.41, 5.74) is 3.97. The number of carboxylic acids is 1. The first-order valence-corrected chi connectivity index (χ1v) is 10.9. The fourth-order valence-electron chi connectivity index (χ4n) is 4.67. The zero-order valence-corrected chi connectivity index (χ0v) is 18.1. The molecule has 0 saturated carbocycles. The van der Waals surface area contributed by atoms with Crippen LogP contribution in [0.5, 0.6) is 0 Å². The van der Waals surface area contributed by atoms with Crippen molar-refractivity contribution in [3.8, 4) is 11.1 Å². The molecule has 1 saturated heterocycles. The van der Waals surface area contributed by atoms with Gasteiger partial charge in [-0.2, -0.15) is 0 Å². The van der Waals surface area contributed by atoms with Crippen molar-refractivity contribution >= 4 is 18.0 Å². The van der Waals surface area contributed by atoms with Gasteiger partial charge in [-0.1, -0.05) is 48.5 Å². The first-order valence-electron chi connectivity index (χ1n) is 10.9. The lowest BCUT2D eigenvalue weighted by atomic mass is 9.98. The third-order valence-electron chi connectivity index (χ3n) is 6.19. The molecule has 34 heavy (non-hydrogen) atoms. The lowest BCUT2D eigenvalue weighted by molar-refractivity contribution is -0.149. The number of alkyl carbamates (subject to hydrolysis) is 1. The average molecular weight is 474 g/mol. The normalized spacial score (nSPS) is 20.1. The van der Waals surface area contributed by atoms with E-state index in [1.54, 1.807) is 0 Å². The quantitative estimate of drug-likeness (QED) is 0.568. The van der Waals surface area contributed by atoms with Gasteiger partial charge in [-0.15, -0.1) is 0 Å². The van der Waals surface area contributed by atoms with Crippen LogP contribution in [-0.2, 0) is 14.3 Å². The highest BCUT2D eigenvalue weighted by molar-refractivity contribution is 5.90. The number of aliphatic carboxylic acids is 1. The number of alkyl halides is 2. The number of hydrogen-bond acceptors (Lipinski definition) is 5. The van der Waals surface area contributed by atoms with Crippen LogP contribution in [0.15, 0.2) is 48.5 Å². The van der Waals surface area contributed by atoms with Gasteiger partial charge in [0.15, 0.2) is 0 Å². The molecule has 0 aromatic heterocycles. The summed E-state index contributed by atoms with van der Waals surface area (Å²) < 4.78 is 31.6. The third-order valence-corrected chi connectivity index (χ3v) is 6.19. The number of carbonyl (C=O) groups is 3. The molecular formula is C24H24F2N2O6. The van der Waals surface area contributed by atoms with Gasteiger partial charge in [-0.25, -0.2) is 18.4 Å². The second kappa shape index (κ2) is 9.76. The number of likely N-dealkylation sites (tertiary alicyclic amines) is 1. The largest absolute Gasteiger partial charge is 0.480 e. The van der Waals surface area contributed by atoms with Crippen molar-refractivity contribution in [2.75, 3.05) is 13.2 Å². The van der Waals surface area contributed by atoms with Crippen LogP contribution < -0.4 is 5.32 Å². The lowest BCUT2D eigenvalue weighted by Gasteiger charge is -2.27. The van der Waals surface area contributed by atoms with Crippen molar-refractivity contribution in [1.29, 1.82) is 0 Å². The molecule has 3 atom stereocenters. The van der Waals surface area contributed by atoms with E-state index in [-0.39, 0.29) is 25.5 Å². The van der Waals surface area contributed by atoms with E-state index in [0.717, 1.165) is 27.2 Å². The van der Waals surface area contributed by atoms with Crippen LogP contribution in [0, 0.1) is 0 Å². The summed E-state index contributed by atoms with van der Waals surface area (Å²) in [6.07, 6.45) is -6.31. The van der Waals surface area contributed by atoms with E-state index in [9.17, 15) is 33.4 Å². The van der Waals surface area contributed by atoms with Gasteiger partial charge in [0.2, 0.25) is 12.3 Å². The minimum Gasteiger partial charge on any atom is -0.480 e. The Morgan fingerprint density at radius 3 is 2.21 bits per heavy atom. The number of carbonyl (C=O) groups excluding carboxylic acids is 2. The molecular weight excluding hydrogens is 450 g/mol. The Morgan fingerprint density at radius 1 is 1.06 bits per heavy atom. The number of fused-ring (bicyclic) bond motifs is 3. The van der Waals surface area contributed by atoms with Gasteiger partial charge < -0.3 is 25.2 Å². The summed E-state index contributed by atoms with van der Waals surface area (Å²) >= 11 is 0. The van der Waals surface area contributed by atoms with Crippen LogP contribution in [-0.4, -0.2) is 70.8 Å². The molecule has 2 aromatic rings. The molecule has 4 rings (SSSR count). The van der Waals surface area contributed by atoms with E-state index < -0.39 is 49.0 Å². The number of nitrogens with one attached hydrogen (secondary N) is 1. The van der Waals surface area contributed by atoms with Crippen molar-refractivity contribution in [2.45, 2.75) is 43.4 Å². The number of aliphatic hydroxyl groups is 1. The van der Waals surface area contributed by atoms with E-state index in [1.165, 1.54) is 0 Å². The predicted octanol–water partition coefficient (Wildman–Crippen LogP) is 2.60. The van der Waals surface area contributed by atoms with E-state index in [2.05, 4.69) is 5.32 Å². The zero-order valence-electron chi connectivity index (χ0n) is 18.1. The molecule has 8 nitrogen and oxygen atoms in total. The minimum absolute atomic E-state index is 0.0738. The molecule has 180 valence electrons. The molecule has 3 unspecified atom stereocenters.